The fourth-order valence-corrected chi connectivity index (χ4v) is 9.43. The monoisotopic (exact) mass is 781 g/mol. The number of halogens is 3. The number of fused-ring (bicyclic) bond motifs is 4. The van der Waals surface area contributed by atoms with Gasteiger partial charge in [-0.3, -0.25) is 39.4 Å². The number of carbonyl (C=O) groups excluding carboxylic acids is 4. The largest absolute Gasteiger partial charge is 0.504 e. The summed E-state index contributed by atoms with van der Waals surface area (Å²) in [6.07, 6.45) is 1.05. The maximum Gasteiger partial charge on any atom is 0.301 e. The number of rotatable bonds is 8. The number of imide groups is 2. The predicted molar refractivity (Wildman–Crippen MR) is 192 cm³/mol. The number of hydrogen-bond acceptors (Lipinski definition) is 11. The zero-order chi connectivity index (χ0) is 39.2. The van der Waals surface area contributed by atoms with Crippen LogP contribution in [0.15, 0.2) is 66.2 Å². The van der Waals surface area contributed by atoms with Gasteiger partial charge in [0.15, 0.2) is 26.9 Å². The Hall–Kier alpha value is -5.61. The summed E-state index contributed by atoms with van der Waals surface area (Å²) in [7, 11) is 2.74. The van der Waals surface area contributed by atoms with Crippen molar-refractivity contribution in [3.63, 3.8) is 0 Å². The number of benzene rings is 3. The second-order valence-corrected chi connectivity index (χ2v) is 14.9. The fourth-order valence-electron chi connectivity index (χ4n) is 8.50. The van der Waals surface area contributed by atoms with Crippen LogP contribution in [-0.4, -0.2) is 69.0 Å². The van der Waals surface area contributed by atoms with Crippen molar-refractivity contribution in [2.24, 2.45) is 17.8 Å². The van der Waals surface area contributed by atoms with Crippen LogP contribution in [0.25, 0.3) is 0 Å². The molecule has 1 N–H and O–H groups in total. The average molecular weight is 783 g/mol. The molecule has 0 bridgehead atoms. The van der Waals surface area contributed by atoms with Crippen molar-refractivity contribution in [2.75, 3.05) is 35.4 Å². The first-order valence-corrected chi connectivity index (χ1v) is 17.4. The molecule has 1 saturated carbocycles. The van der Waals surface area contributed by atoms with Crippen LogP contribution in [0.5, 0.6) is 11.5 Å². The summed E-state index contributed by atoms with van der Waals surface area (Å²) < 4.78 is 19.6. The van der Waals surface area contributed by atoms with Crippen LogP contribution in [0.4, 0.5) is 32.8 Å². The van der Waals surface area contributed by atoms with Crippen LogP contribution in [0.2, 0.25) is 0 Å². The number of aromatic hydroxyl groups is 1. The van der Waals surface area contributed by atoms with E-state index >= 15 is 0 Å². The van der Waals surface area contributed by atoms with Gasteiger partial charge in [0, 0.05) is 37.7 Å². The molecule has 2 aliphatic carbocycles. The molecule has 18 heteroatoms. The summed E-state index contributed by atoms with van der Waals surface area (Å²) in [5.41, 5.74) is -1.87. The number of ether oxygens (including phenoxy) is 1. The molecule has 15 nitrogen and oxygen atoms in total. The Kier molecular flexibility index (Phi) is 8.68. The number of carbonyl (C=O) groups is 4. The van der Waals surface area contributed by atoms with Crippen molar-refractivity contribution in [3.05, 3.63) is 97.9 Å². The highest BCUT2D eigenvalue weighted by atomic mass is 35.5. The third-order valence-electron chi connectivity index (χ3n) is 10.7. The molecule has 7 rings (SSSR count). The third kappa shape index (κ3) is 4.99. The Bertz CT molecular complexity index is 2200. The van der Waals surface area contributed by atoms with E-state index in [9.17, 15) is 48.9 Å². The maximum absolute atomic E-state index is 14.6. The van der Waals surface area contributed by atoms with Crippen LogP contribution < -0.4 is 19.4 Å². The van der Waals surface area contributed by atoms with Gasteiger partial charge in [0.1, 0.15) is 5.82 Å². The zero-order valence-electron chi connectivity index (χ0n) is 28.7. The van der Waals surface area contributed by atoms with Crippen molar-refractivity contribution >= 4 is 75.3 Å². The predicted octanol–water partition coefficient (Wildman–Crippen LogP) is 5.58. The summed E-state index contributed by atoms with van der Waals surface area (Å²) >= 11 is 14.7. The first-order chi connectivity index (χ1) is 25.5. The summed E-state index contributed by atoms with van der Waals surface area (Å²) in [5, 5.41) is 35.8. The summed E-state index contributed by atoms with van der Waals surface area (Å²) in [6, 6.07) is 10.8. The molecule has 3 fully saturated rings. The molecule has 4 aliphatic rings. The summed E-state index contributed by atoms with van der Waals surface area (Å²) in [4.78, 5) is 78.2. The van der Waals surface area contributed by atoms with Crippen LogP contribution >= 0.6 is 23.2 Å². The van der Waals surface area contributed by atoms with E-state index in [1.807, 2.05) is 0 Å². The first-order valence-electron chi connectivity index (χ1n) is 16.7. The first kappa shape index (κ1) is 36.7. The standard InChI is InChI=1S/C36H30Cl2FN5O10/c1-4-54-26-7-5-6-22(30(26)45)28-20-12-13-21-27(23(20)16-35(37)33(48)42(34(49)36(28,35)38)18-10-8-17(39)9-11-18)32(47)41(31(21)46)19-14-24(43(50)51)29(40(2)3)25(15-19)44(52)53/h5-12,14-15,21,23,27-28,45H,4,13,16H2,1-3H3/t21-,23+,27-,28+,35+,36-/m0/s1. The maximum atomic E-state index is 14.6. The highest BCUT2D eigenvalue weighted by Gasteiger charge is 2.77. The third-order valence-corrected chi connectivity index (χ3v) is 12.1. The Morgan fingerprint density at radius 3 is 2.13 bits per heavy atom. The molecule has 4 amide bonds. The van der Waals surface area contributed by atoms with Gasteiger partial charge in [-0.1, -0.05) is 23.8 Å². The Labute approximate surface area is 315 Å². The molecule has 0 aromatic heterocycles. The van der Waals surface area contributed by atoms with Crippen molar-refractivity contribution in [1.82, 2.24) is 0 Å². The number of phenols is 1. The normalized spacial score (nSPS) is 27.3. The lowest BCUT2D eigenvalue weighted by atomic mass is 9.56. The van der Waals surface area contributed by atoms with Gasteiger partial charge in [-0.15, -0.1) is 23.2 Å². The molecule has 6 atom stereocenters. The van der Waals surface area contributed by atoms with Crippen LogP contribution in [-0.2, 0) is 19.2 Å². The molecule has 2 aliphatic heterocycles. The van der Waals surface area contributed by atoms with Crippen LogP contribution in [0.1, 0.15) is 31.2 Å². The number of amides is 4. The minimum absolute atomic E-state index is 0.0293. The molecule has 2 saturated heterocycles. The van der Waals surface area contributed by atoms with Crippen molar-refractivity contribution in [1.29, 1.82) is 0 Å². The van der Waals surface area contributed by atoms with Crippen LogP contribution in [0.3, 0.4) is 0 Å². The molecular weight excluding hydrogens is 752 g/mol. The van der Waals surface area contributed by atoms with E-state index in [0.29, 0.717) is 10.5 Å². The van der Waals surface area contributed by atoms with Gasteiger partial charge in [0.2, 0.25) is 11.8 Å². The second kappa shape index (κ2) is 12.8. The van der Waals surface area contributed by atoms with E-state index in [-0.39, 0.29) is 35.7 Å². The Morgan fingerprint density at radius 1 is 0.926 bits per heavy atom. The van der Waals surface area contributed by atoms with E-state index < -0.39 is 102 Å². The molecular formula is C36H30Cl2FN5O10. The van der Waals surface area contributed by atoms with Crippen molar-refractivity contribution in [2.45, 2.75) is 35.4 Å². The highest BCUT2D eigenvalue weighted by molar-refractivity contribution is 6.58. The smallest absolute Gasteiger partial charge is 0.301 e. The number of phenolic OH excluding ortho intramolecular Hbond substituents is 1. The second-order valence-electron chi connectivity index (χ2n) is 13.6. The number of nitrogens with zero attached hydrogens (tertiary/aromatic N) is 5. The van der Waals surface area contributed by atoms with E-state index in [1.54, 1.807) is 13.0 Å². The molecule has 0 unspecified atom stereocenters. The highest BCUT2D eigenvalue weighted by Crippen LogP contribution is 2.67. The van der Waals surface area contributed by atoms with Gasteiger partial charge in [-0.25, -0.2) is 14.2 Å². The van der Waals surface area contributed by atoms with Gasteiger partial charge in [0.05, 0.1) is 39.7 Å². The molecule has 54 heavy (non-hydrogen) atoms. The molecule has 280 valence electrons. The number of anilines is 3. The van der Waals surface area contributed by atoms with Crippen molar-refractivity contribution < 1.29 is 43.3 Å². The van der Waals surface area contributed by atoms with E-state index in [0.717, 1.165) is 29.2 Å². The fraction of sp³-hybridized carbons (Fsp3) is 0.333. The lowest BCUT2D eigenvalue weighted by Crippen LogP contribution is -2.60. The Balaban J connectivity index is 1.40. The van der Waals surface area contributed by atoms with E-state index in [4.69, 9.17) is 27.9 Å². The van der Waals surface area contributed by atoms with Gasteiger partial charge in [-0.2, -0.15) is 0 Å². The topological polar surface area (TPSA) is 194 Å². The van der Waals surface area contributed by atoms with Crippen molar-refractivity contribution in [3.8, 4) is 11.5 Å². The molecule has 3 aromatic carbocycles. The van der Waals surface area contributed by atoms with Gasteiger partial charge < -0.3 is 14.7 Å². The zero-order valence-corrected chi connectivity index (χ0v) is 30.2. The van der Waals surface area contributed by atoms with E-state index in [1.165, 1.54) is 49.3 Å². The van der Waals surface area contributed by atoms with Gasteiger partial charge >= 0.3 is 11.4 Å². The number of para-hydroxylation sites is 1. The molecule has 0 radical (unpaired) electrons. The lowest BCUT2D eigenvalue weighted by molar-refractivity contribution is -0.392. The quantitative estimate of drug-likeness (QED) is 0.0986. The van der Waals surface area contributed by atoms with Crippen LogP contribution in [0, 0.1) is 43.8 Å². The average Bonchev–Trinajstić information content (AvgIpc) is 3.46. The number of nitro groups is 2. The number of allylic oxidation sites excluding steroid dienone is 2. The minimum Gasteiger partial charge on any atom is -0.504 e. The summed E-state index contributed by atoms with van der Waals surface area (Å²) in [6.45, 7) is 1.83. The number of nitro benzene ring substituents is 2. The van der Waals surface area contributed by atoms with E-state index in [2.05, 4.69) is 0 Å². The number of alkyl halides is 2. The number of hydrogen-bond donors (Lipinski definition) is 1. The molecule has 0 spiro atoms. The SMILES string of the molecule is CCOc1cccc([C@H]2C3=CC[C@@H]4C(=O)N(c5cc([N+](=O)[O-])c(N(C)C)c([N+](=O)[O-])c5)C(=O)[C@@H]4[C@@H]3C[C@@]3(Cl)C(=O)N(c4ccc(F)cc4)C(=O)[C@@]23Cl)c1O. The Morgan fingerprint density at radius 2 is 1.56 bits per heavy atom. The molecule has 3 aromatic rings. The minimum atomic E-state index is -2.34. The van der Waals surface area contributed by atoms with Gasteiger partial charge in [0.25, 0.3) is 11.8 Å². The molecule has 2 heterocycles. The van der Waals surface area contributed by atoms with Gasteiger partial charge in [-0.05, 0) is 56.0 Å². The lowest BCUT2D eigenvalue weighted by Gasteiger charge is -2.50. The summed E-state index contributed by atoms with van der Waals surface area (Å²) in [5.74, 6) is -9.51.